The molecule has 0 unspecified atom stereocenters. The van der Waals surface area contributed by atoms with E-state index in [1.165, 1.54) is 17.0 Å². The molecule has 3 aliphatic heterocycles. The number of rotatable bonds is 4. The molecule has 11 heteroatoms. The number of furan rings is 1. The summed E-state index contributed by atoms with van der Waals surface area (Å²) in [7, 11) is 0. The van der Waals surface area contributed by atoms with E-state index in [1.54, 1.807) is 24.4 Å². The summed E-state index contributed by atoms with van der Waals surface area (Å²) in [5.74, 6) is -0.181. The third-order valence-corrected chi connectivity index (χ3v) is 6.11. The number of nitrogens with one attached hydrogen (secondary N) is 3. The van der Waals surface area contributed by atoms with Crippen molar-refractivity contribution in [2.45, 2.75) is 12.1 Å². The zero-order valence-electron chi connectivity index (χ0n) is 17.2. The smallest absolute Gasteiger partial charge is 0.322 e. The molecular weight excluding hydrogens is 428 g/mol. The Labute approximate surface area is 186 Å². The van der Waals surface area contributed by atoms with Gasteiger partial charge in [0.1, 0.15) is 28.6 Å². The Kier molecular flexibility index (Phi) is 3.97. The van der Waals surface area contributed by atoms with Crippen molar-refractivity contribution < 1.29 is 23.9 Å². The average molecular weight is 446 g/mol. The third kappa shape index (κ3) is 2.85. The molecule has 4 amide bonds. The summed E-state index contributed by atoms with van der Waals surface area (Å²) in [6.07, 6.45) is 1.58. The molecule has 1 aromatic carbocycles. The van der Waals surface area contributed by atoms with Gasteiger partial charge in [-0.2, -0.15) is 0 Å². The molecule has 1 saturated heterocycles. The van der Waals surface area contributed by atoms with Crippen LogP contribution in [0.2, 0.25) is 0 Å². The Morgan fingerprint density at radius 2 is 2.06 bits per heavy atom. The van der Waals surface area contributed by atoms with Crippen molar-refractivity contribution in [3.8, 4) is 5.75 Å². The van der Waals surface area contributed by atoms with Gasteiger partial charge in [-0.3, -0.25) is 24.9 Å². The molecule has 1 atom stereocenters. The van der Waals surface area contributed by atoms with E-state index < -0.39 is 17.5 Å². The molecular formula is C22H18N6O5. The molecule has 0 spiro atoms. The summed E-state index contributed by atoms with van der Waals surface area (Å²) in [5.41, 5.74) is 0.508. The highest BCUT2D eigenvalue weighted by molar-refractivity contribution is 6.10. The monoisotopic (exact) mass is 446 g/mol. The summed E-state index contributed by atoms with van der Waals surface area (Å²) >= 11 is 0. The Morgan fingerprint density at radius 1 is 1.18 bits per heavy atom. The number of imide groups is 1. The minimum atomic E-state index is -1.63. The number of aromatic nitrogens is 1. The maximum Gasteiger partial charge on any atom is 0.322 e. The van der Waals surface area contributed by atoms with E-state index in [1.807, 2.05) is 0 Å². The van der Waals surface area contributed by atoms with Crippen LogP contribution in [-0.2, 0) is 16.9 Å². The maximum atomic E-state index is 13.1. The van der Waals surface area contributed by atoms with Gasteiger partial charge in [0.2, 0.25) is 0 Å². The van der Waals surface area contributed by atoms with Crippen molar-refractivity contribution in [2.24, 2.45) is 4.99 Å². The first-order chi connectivity index (χ1) is 15.9. The Bertz CT molecular complexity index is 1400. The fourth-order valence-corrected chi connectivity index (χ4v) is 4.54. The summed E-state index contributed by atoms with van der Waals surface area (Å²) in [5, 5.41) is 18.5. The van der Waals surface area contributed by atoms with E-state index in [2.05, 4.69) is 25.9 Å². The van der Waals surface area contributed by atoms with Crippen LogP contribution in [0, 0.1) is 0 Å². The normalized spacial score (nSPS) is 21.8. The lowest BCUT2D eigenvalue weighted by molar-refractivity contribution is -0.125. The van der Waals surface area contributed by atoms with Gasteiger partial charge in [0.25, 0.3) is 11.8 Å². The van der Waals surface area contributed by atoms with Crippen LogP contribution in [0.1, 0.15) is 27.4 Å². The summed E-state index contributed by atoms with van der Waals surface area (Å²) in [6.45, 7) is 1.41. The third-order valence-electron chi connectivity index (χ3n) is 6.11. The second-order valence-corrected chi connectivity index (χ2v) is 8.16. The van der Waals surface area contributed by atoms with E-state index in [0.29, 0.717) is 41.2 Å². The molecule has 3 aromatic rings. The van der Waals surface area contributed by atoms with Crippen LogP contribution in [0.25, 0.3) is 11.0 Å². The average Bonchev–Trinajstić information content (AvgIpc) is 3.56. The summed E-state index contributed by atoms with van der Waals surface area (Å²) in [6, 6.07) is 7.21. The molecule has 5 heterocycles. The molecule has 0 bridgehead atoms. The largest absolute Gasteiger partial charge is 0.508 e. The van der Waals surface area contributed by atoms with Crippen LogP contribution in [-0.4, -0.2) is 58.3 Å². The highest BCUT2D eigenvalue weighted by Gasteiger charge is 2.53. The number of benzene rings is 1. The standard InChI is InChI=1S/C22H18N6O5/c29-12-2-1-11-9-28(19(30)13(11)7-12)10-22(20(31)26-21(32)27-22)16-8-14-15(33-16)3-4-23-17(14)18-24-5-6-25-18/h1-4,7-8,29H,5-6,9-10H2,(H,24,25)(H2,26,27,31,32)/t22-/m0/s1. The quantitative estimate of drug-likeness (QED) is 0.428. The number of aliphatic imine (C=N–C) groups is 1. The minimum absolute atomic E-state index is 0.0219. The number of hydrogen-bond acceptors (Lipinski definition) is 8. The molecule has 0 aliphatic carbocycles. The number of phenols is 1. The number of phenolic OH excluding ortho intramolecular Hbond substituents is 1. The second kappa shape index (κ2) is 6.79. The first-order valence-electron chi connectivity index (χ1n) is 10.4. The Hall–Kier alpha value is -4.41. The van der Waals surface area contributed by atoms with Gasteiger partial charge in [-0.25, -0.2) is 4.79 Å². The van der Waals surface area contributed by atoms with Crippen LogP contribution in [0.4, 0.5) is 4.79 Å². The van der Waals surface area contributed by atoms with Crippen molar-refractivity contribution >= 4 is 34.7 Å². The van der Waals surface area contributed by atoms with Gasteiger partial charge in [0, 0.05) is 24.8 Å². The number of carbonyl (C=O) groups excluding carboxylic acids is 3. The van der Waals surface area contributed by atoms with E-state index in [-0.39, 0.29) is 30.5 Å². The molecule has 3 aliphatic rings. The zero-order valence-corrected chi connectivity index (χ0v) is 17.2. The van der Waals surface area contributed by atoms with Gasteiger partial charge in [0.05, 0.1) is 18.5 Å². The van der Waals surface area contributed by atoms with Gasteiger partial charge in [0.15, 0.2) is 5.54 Å². The SMILES string of the molecule is O=C1NC(=O)[C@](CN2Cc3ccc(O)cc3C2=O)(c2cc3c(C4=NCCN4)nccc3o2)N1. The maximum absolute atomic E-state index is 13.1. The van der Waals surface area contributed by atoms with Crippen LogP contribution in [0.5, 0.6) is 5.75 Å². The van der Waals surface area contributed by atoms with Crippen LogP contribution in [0.3, 0.4) is 0 Å². The Morgan fingerprint density at radius 3 is 2.82 bits per heavy atom. The topological polar surface area (TPSA) is 149 Å². The van der Waals surface area contributed by atoms with E-state index in [4.69, 9.17) is 4.42 Å². The van der Waals surface area contributed by atoms with Gasteiger partial charge < -0.3 is 25.1 Å². The lowest BCUT2D eigenvalue weighted by Crippen LogP contribution is -2.52. The summed E-state index contributed by atoms with van der Waals surface area (Å²) < 4.78 is 6.04. The molecule has 0 radical (unpaired) electrons. The molecule has 4 N–H and O–H groups in total. The molecule has 0 saturated carbocycles. The number of amidine groups is 1. The molecule has 33 heavy (non-hydrogen) atoms. The van der Waals surface area contributed by atoms with Crippen molar-refractivity contribution in [3.63, 3.8) is 0 Å². The molecule has 6 rings (SSSR count). The lowest BCUT2D eigenvalue weighted by atomic mass is 9.95. The predicted molar refractivity (Wildman–Crippen MR) is 115 cm³/mol. The molecule has 2 aromatic heterocycles. The predicted octanol–water partition coefficient (Wildman–Crippen LogP) is 0.574. The van der Waals surface area contributed by atoms with E-state index in [9.17, 15) is 19.5 Å². The number of fused-ring (bicyclic) bond motifs is 2. The zero-order chi connectivity index (χ0) is 22.7. The van der Waals surface area contributed by atoms with Crippen LogP contribution in [0.15, 0.2) is 45.9 Å². The van der Waals surface area contributed by atoms with Crippen molar-refractivity contribution in [1.82, 2.24) is 25.8 Å². The van der Waals surface area contributed by atoms with Crippen molar-refractivity contribution in [1.29, 1.82) is 0 Å². The highest BCUT2D eigenvalue weighted by Crippen LogP contribution is 2.35. The van der Waals surface area contributed by atoms with Crippen molar-refractivity contribution in [2.75, 3.05) is 19.6 Å². The minimum Gasteiger partial charge on any atom is -0.508 e. The first-order valence-corrected chi connectivity index (χ1v) is 10.4. The van der Waals surface area contributed by atoms with Crippen LogP contribution < -0.4 is 16.0 Å². The highest BCUT2D eigenvalue weighted by atomic mass is 16.3. The van der Waals surface area contributed by atoms with Gasteiger partial charge in [-0.05, 0) is 29.8 Å². The van der Waals surface area contributed by atoms with Crippen LogP contribution >= 0.6 is 0 Å². The number of urea groups is 1. The van der Waals surface area contributed by atoms with Gasteiger partial charge in [-0.1, -0.05) is 6.07 Å². The fraction of sp³-hybridized carbons (Fsp3) is 0.227. The summed E-state index contributed by atoms with van der Waals surface area (Å²) in [4.78, 5) is 48.5. The number of pyridine rings is 1. The number of aromatic hydroxyl groups is 1. The van der Waals surface area contributed by atoms with Gasteiger partial charge >= 0.3 is 6.03 Å². The van der Waals surface area contributed by atoms with E-state index in [0.717, 1.165) is 5.56 Å². The second-order valence-electron chi connectivity index (χ2n) is 8.16. The number of carbonyl (C=O) groups is 3. The molecule has 1 fully saturated rings. The number of nitrogens with zero attached hydrogens (tertiary/aromatic N) is 3. The van der Waals surface area contributed by atoms with E-state index >= 15 is 0 Å². The number of hydrogen-bond donors (Lipinski definition) is 4. The fourth-order valence-electron chi connectivity index (χ4n) is 4.54. The number of amides is 4. The molecule has 11 nitrogen and oxygen atoms in total. The first kappa shape index (κ1) is 19.3. The van der Waals surface area contributed by atoms with Crippen molar-refractivity contribution in [3.05, 3.63) is 59.1 Å². The lowest BCUT2D eigenvalue weighted by Gasteiger charge is -2.29. The Balaban J connectivity index is 1.43. The molecule has 166 valence electrons. The van der Waals surface area contributed by atoms with Gasteiger partial charge in [-0.15, -0.1) is 0 Å².